The SMILES string of the molecule is CC(=O)Nc1ccc(S(=O)(=O)N/N=C/c2ccco2)cc1. The summed E-state index contributed by atoms with van der Waals surface area (Å²) < 4.78 is 28.9. The van der Waals surface area contributed by atoms with E-state index in [1.807, 2.05) is 0 Å². The minimum absolute atomic E-state index is 0.0354. The fourth-order valence-electron chi connectivity index (χ4n) is 1.50. The first-order valence-electron chi connectivity index (χ1n) is 5.93. The van der Waals surface area contributed by atoms with Crippen LogP contribution in [0.3, 0.4) is 0 Å². The number of sulfonamides is 1. The summed E-state index contributed by atoms with van der Waals surface area (Å²) >= 11 is 0. The summed E-state index contributed by atoms with van der Waals surface area (Å²) in [5.74, 6) is 0.200. The molecule has 0 spiro atoms. The normalized spacial score (nSPS) is 11.5. The van der Waals surface area contributed by atoms with Gasteiger partial charge in [-0.1, -0.05) is 0 Å². The first-order valence-corrected chi connectivity index (χ1v) is 7.42. The lowest BCUT2D eigenvalue weighted by Crippen LogP contribution is -2.18. The molecular weight excluding hydrogens is 294 g/mol. The first-order chi connectivity index (χ1) is 9.97. The molecule has 21 heavy (non-hydrogen) atoms. The smallest absolute Gasteiger partial charge is 0.276 e. The maximum absolute atomic E-state index is 12.0. The number of carbonyl (C=O) groups is 1. The van der Waals surface area contributed by atoms with Crippen LogP contribution in [0.15, 0.2) is 57.1 Å². The molecule has 0 bridgehead atoms. The van der Waals surface area contributed by atoms with Crippen molar-refractivity contribution in [2.75, 3.05) is 5.32 Å². The maximum Gasteiger partial charge on any atom is 0.276 e. The molecule has 2 rings (SSSR count). The average Bonchev–Trinajstić information content (AvgIpc) is 2.91. The summed E-state index contributed by atoms with van der Waals surface area (Å²) in [4.78, 5) is 13.0. The zero-order chi connectivity index (χ0) is 15.3. The van der Waals surface area contributed by atoms with E-state index in [4.69, 9.17) is 4.42 Å². The fraction of sp³-hybridized carbons (Fsp3) is 0.0769. The van der Waals surface area contributed by atoms with Crippen molar-refractivity contribution >= 4 is 27.8 Å². The molecule has 0 saturated heterocycles. The van der Waals surface area contributed by atoms with Gasteiger partial charge in [-0.25, -0.2) is 0 Å². The number of hydrogen-bond acceptors (Lipinski definition) is 5. The molecule has 8 heteroatoms. The number of rotatable bonds is 5. The van der Waals surface area contributed by atoms with Crippen molar-refractivity contribution in [2.24, 2.45) is 5.10 Å². The van der Waals surface area contributed by atoms with Gasteiger partial charge in [0.1, 0.15) is 5.76 Å². The topological polar surface area (TPSA) is 101 Å². The fourth-order valence-corrected chi connectivity index (χ4v) is 2.29. The van der Waals surface area contributed by atoms with Crippen LogP contribution in [0, 0.1) is 0 Å². The van der Waals surface area contributed by atoms with Crippen LogP contribution in [0.25, 0.3) is 0 Å². The highest BCUT2D eigenvalue weighted by molar-refractivity contribution is 7.89. The van der Waals surface area contributed by atoms with Crippen molar-refractivity contribution in [2.45, 2.75) is 11.8 Å². The molecular formula is C13H13N3O4S. The number of benzene rings is 1. The predicted octanol–water partition coefficient (Wildman–Crippen LogP) is 1.55. The Kier molecular flexibility index (Phi) is 4.39. The van der Waals surface area contributed by atoms with Crippen molar-refractivity contribution in [3.63, 3.8) is 0 Å². The Bertz CT molecular complexity index is 734. The van der Waals surface area contributed by atoms with E-state index in [1.54, 1.807) is 12.1 Å². The van der Waals surface area contributed by atoms with Crippen LogP contribution in [0.2, 0.25) is 0 Å². The molecule has 1 aromatic heterocycles. The van der Waals surface area contributed by atoms with Crippen LogP contribution in [-0.2, 0) is 14.8 Å². The molecule has 0 aliphatic rings. The highest BCUT2D eigenvalue weighted by Gasteiger charge is 2.12. The maximum atomic E-state index is 12.0. The first kappa shape index (κ1) is 14.8. The van der Waals surface area contributed by atoms with Gasteiger partial charge < -0.3 is 9.73 Å². The molecule has 0 fully saturated rings. The van der Waals surface area contributed by atoms with E-state index >= 15 is 0 Å². The van der Waals surface area contributed by atoms with Gasteiger partial charge in [-0.3, -0.25) is 4.79 Å². The second-order valence-corrected chi connectivity index (χ2v) is 5.73. The molecule has 0 unspecified atom stereocenters. The van der Waals surface area contributed by atoms with E-state index < -0.39 is 10.0 Å². The average molecular weight is 307 g/mol. The third kappa shape index (κ3) is 4.18. The summed E-state index contributed by atoms with van der Waals surface area (Å²) in [6.45, 7) is 1.37. The Hall–Kier alpha value is -2.61. The Morgan fingerprint density at radius 1 is 1.24 bits per heavy atom. The van der Waals surface area contributed by atoms with E-state index in [1.165, 1.54) is 43.7 Å². The lowest BCUT2D eigenvalue weighted by molar-refractivity contribution is -0.114. The molecule has 1 heterocycles. The Morgan fingerprint density at radius 2 is 1.95 bits per heavy atom. The van der Waals surface area contributed by atoms with Gasteiger partial charge >= 0.3 is 0 Å². The van der Waals surface area contributed by atoms with Crippen LogP contribution >= 0.6 is 0 Å². The van der Waals surface area contributed by atoms with Gasteiger partial charge in [0, 0.05) is 12.6 Å². The van der Waals surface area contributed by atoms with Crippen LogP contribution in [-0.4, -0.2) is 20.5 Å². The Labute approximate surface area is 121 Å². The molecule has 2 aromatic rings. The van der Waals surface area contributed by atoms with Crippen molar-refractivity contribution in [1.82, 2.24) is 4.83 Å². The lowest BCUT2D eigenvalue weighted by Gasteiger charge is -2.05. The number of anilines is 1. The van der Waals surface area contributed by atoms with Crippen LogP contribution in [0.5, 0.6) is 0 Å². The quantitative estimate of drug-likeness (QED) is 0.646. The van der Waals surface area contributed by atoms with E-state index in [9.17, 15) is 13.2 Å². The summed E-state index contributed by atoms with van der Waals surface area (Å²) in [6.07, 6.45) is 2.71. The number of carbonyl (C=O) groups excluding carboxylic acids is 1. The Balaban J connectivity index is 2.07. The number of amides is 1. The van der Waals surface area contributed by atoms with Crippen LogP contribution < -0.4 is 10.1 Å². The van der Waals surface area contributed by atoms with E-state index in [2.05, 4.69) is 15.2 Å². The minimum Gasteiger partial charge on any atom is -0.463 e. The summed E-state index contributed by atoms with van der Waals surface area (Å²) in [7, 11) is -3.76. The number of hydrazone groups is 1. The van der Waals surface area contributed by atoms with E-state index in [0.29, 0.717) is 11.4 Å². The van der Waals surface area contributed by atoms with Gasteiger partial charge in [-0.15, -0.1) is 0 Å². The van der Waals surface area contributed by atoms with E-state index in [-0.39, 0.29) is 10.8 Å². The lowest BCUT2D eigenvalue weighted by atomic mass is 10.3. The van der Waals surface area contributed by atoms with Crippen LogP contribution in [0.4, 0.5) is 5.69 Å². The standard InChI is InChI=1S/C13H13N3O4S/c1-10(17)15-11-4-6-13(7-5-11)21(18,19)16-14-9-12-3-2-8-20-12/h2-9,16H,1H3,(H,15,17)/b14-9+. The van der Waals surface area contributed by atoms with Crippen molar-refractivity contribution in [3.05, 3.63) is 48.4 Å². The third-order valence-electron chi connectivity index (χ3n) is 2.39. The van der Waals surface area contributed by atoms with E-state index in [0.717, 1.165) is 0 Å². The molecule has 110 valence electrons. The van der Waals surface area contributed by atoms with Crippen molar-refractivity contribution < 1.29 is 17.6 Å². The molecule has 1 amide bonds. The zero-order valence-corrected chi connectivity index (χ0v) is 11.9. The molecule has 0 saturated carbocycles. The highest BCUT2D eigenvalue weighted by atomic mass is 32.2. The molecule has 0 atom stereocenters. The van der Waals surface area contributed by atoms with Gasteiger partial charge in [-0.05, 0) is 36.4 Å². The van der Waals surface area contributed by atoms with Gasteiger partial charge in [0.25, 0.3) is 10.0 Å². The van der Waals surface area contributed by atoms with Gasteiger partial charge in [-0.2, -0.15) is 18.4 Å². The summed E-state index contributed by atoms with van der Waals surface area (Å²) in [5.41, 5.74) is 0.514. The van der Waals surface area contributed by atoms with Crippen molar-refractivity contribution in [1.29, 1.82) is 0 Å². The number of hydrogen-bond donors (Lipinski definition) is 2. The third-order valence-corrected chi connectivity index (χ3v) is 3.63. The molecule has 0 aliphatic carbocycles. The van der Waals surface area contributed by atoms with Crippen LogP contribution in [0.1, 0.15) is 12.7 Å². The largest absolute Gasteiger partial charge is 0.463 e. The second-order valence-electron chi connectivity index (χ2n) is 4.07. The Morgan fingerprint density at radius 3 is 2.52 bits per heavy atom. The predicted molar refractivity (Wildman–Crippen MR) is 77.4 cm³/mol. The zero-order valence-electron chi connectivity index (χ0n) is 11.1. The second kappa shape index (κ2) is 6.23. The number of nitrogens with zero attached hydrogens (tertiary/aromatic N) is 1. The number of furan rings is 1. The van der Waals surface area contributed by atoms with Gasteiger partial charge in [0.2, 0.25) is 5.91 Å². The molecule has 7 nitrogen and oxygen atoms in total. The van der Waals surface area contributed by atoms with Gasteiger partial charge in [0.15, 0.2) is 0 Å². The molecule has 0 radical (unpaired) electrons. The highest BCUT2D eigenvalue weighted by Crippen LogP contribution is 2.13. The summed E-state index contributed by atoms with van der Waals surface area (Å²) in [6, 6.07) is 9.03. The minimum atomic E-state index is -3.76. The van der Waals surface area contributed by atoms with Crippen molar-refractivity contribution in [3.8, 4) is 0 Å². The molecule has 2 N–H and O–H groups in total. The molecule has 1 aromatic carbocycles. The van der Waals surface area contributed by atoms with Gasteiger partial charge in [0.05, 0.1) is 17.4 Å². The monoisotopic (exact) mass is 307 g/mol. The number of nitrogens with one attached hydrogen (secondary N) is 2. The molecule has 0 aliphatic heterocycles. The summed E-state index contributed by atoms with van der Waals surface area (Å²) in [5, 5.41) is 6.16.